The van der Waals surface area contributed by atoms with Gasteiger partial charge in [0.2, 0.25) is 0 Å². The quantitative estimate of drug-likeness (QED) is 0.0979. The molecule has 13 heteroatoms. The molecule has 3 rings (SSSR count). The van der Waals surface area contributed by atoms with Crippen molar-refractivity contribution in [2.45, 2.75) is 43.6 Å². The zero-order valence-electron chi connectivity index (χ0n) is 23.8. The van der Waals surface area contributed by atoms with Gasteiger partial charge in [-0.05, 0) is 27.8 Å². The topological polar surface area (TPSA) is 188 Å². The van der Waals surface area contributed by atoms with Crippen LogP contribution in [0.5, 0.6) is 0 Å². The molecule has 0 spiro atoms. The molecule has 0 aliphatic heterocycles. The van der Waals surface area contributed by atoms with Crippen LogP contribution >= 0.6 is 12.4 Å². The highest BCUT2D eigenvalue weighted by Gasteiger charge is 2.41. The van der Waals surface area contributed by atoms with E-state index < -0.39 is 41.6 Å². The van der Waals surface area contributed by atoms with Crippen LogP contribution < -0.4 is 11.1 Å². The van der Waals surface area contributed by atoms with Crippen molar-refractivity contribution in [2.75, 3.05) is 14.2 Å². The van der Waals surface area contributed by atoms with Crippen molar-refractivity contribution in [3.63, 3.8) is 0 Å². The second kappa shape index (κ2) is 18.0. The standard InChI is InChI=1S/C24H24N4O2.C5H10N4O2.ClH/c1-18(27-28-25)22(23(29)30-2)26-24(19-12-6-3-7-13-19,20-14-8-4-9-15-20)21-16-10-5-11-17-21;1-3(8-9-7)4(6)5(10)11-2;/h3-18,22,26H,1-2H3;3-4H,6H2,1-2H3;1H/t18-,22+;3-,4+;/m11./s1. The number of nitrogens with one attached hydrogen (secondary N) is 1. The van der Waals surface area contributed by atoms with Crippen molar-refractivity contribution in [3.05, 3.63) is 129 Å². The number of ether oxygens (including phenoxy) is 2. The van der Waals surface area contributed by atoms with E-state index in [-0.39, 0.29) is 12.4 Å². The summed E-state index contributed by atoms with van der Waals surface area (Å²) in [6.07, 6.45) is 0. The largest absolute Gasteiger partial charge is 0.468 e. The predicted molar refractivity (Wildman–Crippen MR) is 163 cm³/mol. The predicted octanol–water partition coefficient (Wildman–Crippen LogP) is 5.42. The van der Waals surface area contributed by atoms with Crippen molar-refractivity contribution in [1.29, 1.82) is 0 Å². The Bertz CT molecular complexity index is 1260. The number of rotatable bonds is 11. The third-order valence-corrected chi connectivity index (χ3v) is 6.39. The lowest BCUT2D eigenvalue weighted by atomic mass is 9.76. The molecule has 0 heterocycles. The number of halogens is 1. The average Bonchev–Trinajstić information content (AvgIpc) is 3.02. The van der Waals surface area contributed by atoms with Crippen molar-refractivity contribution >= 4 is 24.3 Å². The van der Waals surface area contributed by atoms with Gasteiger partial charge >= 0.3 is 11.9 Å². The first-order valence-electron chi connectivity index (χ1n) is 12.7. The molecule has 0 aliphatic carbocycles. The number of benzene rings is 3. The van der Waals surface area contributed by atoms with E-state index in [1.54, 1.807) is 13.8 Å². The molecule has 3 aromatic rings. The van der Waals surface area contributed by atoms with E-state index in [1.807, 2.05) is 91.0 Å². The van der Waals surface area contributed by atoms with E-state index in [1.165, 1.54) is 14.2 Å². The Labute approximate surface area is 250 Å². The van der Waals surface area contributed by atoms with Crippen LogP contribution in [0.25, 0.3) is 20.9 Å². The van der Waals surface area contributed by atoms with Gasteiger partial charge < -0.3 is 15.2 Å². The minimum Gasteiger partial charge on any atom is -0.468 e. The molecule has 0 aromatic heterocycles. The van der Waals surface area contributed by atoms with Gasteiger partial charge in [0.1, 0.15) is 12.1 Å². The molecule has 4 atom stereocenters. The second-order valence-corrected chi connectivity index (χ2v) is 8.93. The van der Waals surface area contributed by atoms with Gasteiger partial charge in [0, 0.05) is 9.82 Å². The normalized spacial score (nSPS) is 13.1. The van der Waals surface area contributed by atoms with Crippen LogP contribution in [0, 0.1) is 0 Å². The van der Waals surface area contributed by atoms with E-state index in [0.717, 1.165) is 16.7 Å². The van der Waals surface area contributed by atoms with Gasteiger partial charge in [-0.3, -0.25) is 14.9 Å². The van der Waals surface area contributed by atoms with Gasteiger partial charge in [-0.1, -0.05) is 115 Å². The number of hydrogen-bond acceptors (Lipinski definition) is 8. The van der Waals surface area contributed by atoms with Crippen LogP contribution in [-0.2, 0) is 24.6 Å². The van der Waals surface area contributed by atoms with Gasteiger partial charge in [-0.25, -0.2) is 0 Å². The minimum atomic E-state index is -0.879. The van der Waals surface area contributed by atoms with Crippen molar-refractivity contribution < 1.29 is 19.1 Å². The number of hydrogen-bond donors (Lipinski definition) is 2. The third kappa shape index (κ3) is 8.97. The summed E-state index contributed by atoms with van der Waals surface area (Å²) >= 11 is 0. The summed E-state index contributed by atoms with van der Waals surface area (Å²) < 4.78 is 9.38. The van der Waals surface area contributed by atoms with Gasteiger partial charge in [0.15, 0.2) is 0 Å². The highest BCUT2D eigenvalue weighted by atomic mass is 35.5. The fourth-order valence-corrected chi connectivity index (χ4v) is 4.19. The molecule has 0 fully saturated rings. The Morgan fingerprint density at radius 2 is 1.10 bits per heavy atom. The number of carbonyl (C=O) groups is 2. The number of nitrogens with zero attached hydrogens (tertiary/aromatic N) is 6. The molecular formula is C29H35ClN8O4. The SMILES string of the molecule is COC(=O)[C@@H](N)[C@@H](C)N=[N+]=[N-].COC(=O)[C@@H](NC(c1ccccc1)(c1ccccc1)c1ccccc1)[C@@H](C)N=[N+]=[N-].Cl. The Balaban J connectivity index is 0.000000628. The van der Waals surface area contributed by atoms with E-state index in [4.69, 9.17) is 21.5 Å². The Kier molecular flexibility index (Phi) is 15.2. The Morgan fingerprint density at radius 3 is 1.43 bits per heavy atom. The first-order chi connectivity index (χ1) is 19.8. The zero-order valence-corrected chi connectivity index (χ0v) is 24.6. The molecule has 12 nitrogen and oxygen atoms in total. The molecular weight excluding hydrogens is 560 g/mol. The highest BCUT2D eigenvalue weighted by molar-refractivity contribution is 5.85. The summed E-state index contributed by atoms with van der Waals surface area (Å²) in [6, 6.07) is 26.7. The molecule has 3 aromatic carbocycles. The van der Waals surface area contributed by atoms with Crippen LogP contribution in [0.4, 0.5) is 0 Å². The van der Waals surface area contributed by atoms with Crippen LogP contribution in [-0.4, -0.2) is 50.3 Å². The summed E-state index contributed by atoms with van der Waals surface area (Å²) in [4.78, 5) is 28.8. The van der Waals surface area contributed by atoms with Crippen molar-refractivity contribution in [3.8, 4) is 0 Å². The summed E-state index contributed by atoms with van der Waals surface area (Å²) in [7, 11) is 2.56. The number of carbonyl (C=O) groups excluding carboxylic acids is 2. The fourth-order valence-electron chi connectivity index (χ4n) is 4.19. The number of azide groups is 2. The fraction of sp³-hybridized carbons (Fsp3) is 0.310. The first kappa shape index (κ1) is 35.5. The molecule has 0 saturated carbocycles. The maximum absolute atomic E-state index is 12.7. The second-order valence-electron chi connectivity index (χ2n) is 8.93. The van der Waals surface area contributed by atoms with Crippen molar-refractivity contribution in [1.82, 2.24) is 5.32 Å². The lowest BCUT2D eigenvalue weighted by Crippen LogP contribution is -2.56. The summed E-state index contributed by atoms with van der Waals surface area (Å²) in [5, 5.41) is 10.5. The first-order valence-corrected chi connectivity index (χ1v) is 12.7. The van der Waals surface area contributed by atoms with Gasteiger partial charge in [0.05, 0.1) is 31.8 Å². The molecule has 0 saturated heterocycles. The molecule has 222 valence electrons. The maximum atomic E-state index is 12.7. The van der Waals surface area contributed by atoms with Gasteiger partial charge in [0.25, 0.3) is 0 Å². The molecule has 0 radical (unpaired) electrons. The number of methoxy groups -OCH3 is 2. The molecule has 0 aliphatic rings. The minimum absolute atomic E-state index is 0. The van der Waals surface area contributed by atoms with E-state index in [9.17, 15) is 9.59 Å². The van der Waals surface area contributed by atoms with E-state index in [2.05, 4.69) is 30.1 Å². The molecule has 3 N–H and O–H groups in total. The lowest BCUT2D eigenvalue weighted by molar-refractivity contribution is -0.144. The van der Waals surface area contributed by atoms with E-state index in [0.29, 0.717) is 0 Å². The van der Waals surface area contributed by atoms with E-state index >= 15 is 0 Å². The zero-order chi connectivity index (χ0) is 30.3. The summed E-state index contributed by atoms with van der Waals surface area (Å²) in [5.74, 6) is -1.08. The van der Waals surface area contributed by atoms with Crippen LogP contribution in [0.3, 0.4) is 0 Å². The smallest absolute Gasteiger partial charge is 0.323 e. The molecule has 0 amide bonds. The molecule has 0 unspecified atom stereocenters. The average molecular weight is 595 g/mol. The monoisotopic (exact) mass is 594 g/mol. The van der Waals surface area contributed by atoms with Crippen LogP contribution in [0.1, 0.15) is 30.5 Å². The third-order valence-electron chi connectivity index (χ3n) is 6.39. The summed E-state index contributed by atoms with van der Waals surface area (Å²) in [6.45, 7) is 3.24. The van der Waals surface area contributed by atoms with Gasteiger partial charge in [-0.15, -0.1) is 12.4 Å². The van der Waals surface area contributed by atoms with Crippen LogP contribution in [0.15, 0.2) is 101 Å². The Morgan fingerprint density at radius 1 is 0.738 bits per heavy atom. The highest BCUT2D eigenvalue weighted by Crippen LogP contribution is 2.37. The van der Waals surface area contributed by atoms with Crippen LogP contribution in [0.2, 0.25) is 0 Å². The van der Waals surface area contributed by atoms with Gasteiger partial charge in [-0.2, -0.15) is 0 Å². The number of esters is 2. The lowest BCUT2D eigenvalue weighted by Gasteiger charge is -2.40. The Hall–Kier alpha value is -4.57. The molecule has 0 bridgehead atoms. The van der Waals surface area contributed by atoms with Crippen molar-refractivity contribution in [2.24, 2.45) is 16.0 Å². The summed E-state index contributed by atoms with van der Waals surface area (Å²) in [5.41, 5.74) is 24.2. The molecule has 42 heavy (non-hydrogen) atoms. The maximum Gasteiger partial charge on any atom is 0.323 e. The number of nitrogens with two attached hydrogens (primary N) is 1.